The van der Waals surface area contributed by atoms with E-state index in [9.17, 15) is 22.0 Å². The van der Waals surface area contributed by atoms with Gasteiger partial charge in [0.05, 0.1) is 10.5 Å². The van der Waals surface area contributed by atoms with Crippen LogP contribution in [0.1, 0.15) is 29.6 Å². The van der Waals surface area contributed by atoms with E-state index >= 15 is 0 Å². The molecular formula is C11H12F2N2O3S. The molecule has 1 saturated carbocycles. The summed E-state index contributed by atoms with van der Waals surface area (Å²) in [5.74, 6) is -3.65. The summed E-state index contributed by atoms with van der Waals surface area (Å²) in [5.41, 5.74) is -0.657. The highest BCUT2D eigenvalue weighted by molar-refractivity contribution is 7.89. The first-order valence-electron chi connectivity index (χ1n) is 5.62. The zero-order valence-corrected chi connectivity index (χ0v) is 10.6. The quantitative estimate of drug-likeness (QED) is 0.866. The highest BCUT2D eigenvalue weighted by Crippen LogP contribution is 2.21. The lowest BCUT2D eigenvalue weighted by Gasteiger charge is -2.26. The normalized spacial score (nSPS) is 15.9. The minimum Gasteiger partial charge on any atom is -0.349 e. The molecule has 0 bridgehead atoms. The third kappa shape index (κ3) is 2.90. The number of benzene rings is 1. The van der Waals surface area contributed by atoms with Gasteiger partial charge in [0.25, 0.3) is 5.91 Å². The molecule has 0 atom stereocenters. The van der Waals surface area contributed by atoms with Crippen LogP contribution in [0, 0.1) is 11.6 Å². The van der Waals surface area contributed by atoms with Crippen LogP contribution < -0.4 is 10.5 Å². The van der Waals surface area contributed by atoms with Gasteiger partial charge in [0.15, 0.2) is 11.6 Å². The van der Waals surface area contributed by atoms with Crippen LogP contribution in [-0.2, 0) is 10.0 Å². The molecule has 1 amide bonds. The lowest BCUT2D eigenvalue weighted by Crippen LogP contribution is -2.40. The first-order chi connectivity index (χ1) is 8.79. The molecule has 19 heavy (non-hydrogen) atoms. The van der Waals surface area contributed by atoms with E-state index < -0.39 is 38.0 Å². The summed E-state index contributed by atoms with van der Waals surface area (Å²) in [5, 5.41) is 7.33. The maximum Gasteiger partial charge on any atom is 0.254 e. The first-order valence-corrected chi connectivity index (χ1v) is 7.16. The number of rotatable bonds is 3. The van der Waals surface area contributed by atoms with E-state index in [-0.39, 0.29) is 6.04 Å². The van der Waals surface area contributed by atoms with Gasteiger partial charge in [-0.25, -0.2) is 22.3 Å². The van der Waals surface area contributed by atoms with Crippen LogP contribution in [0.15, 0.2) is 17.0 Å². The van der Waals surface area contributed by atoms with Crippen molar-refractivity contribution in [1.29, 1.82) is 0 Å². The van der Waals surface area contributed by atoms with Gasteiger partial charge in [-0.2, -0.15) is 0 Å². The molecule has 3 N–H and O–H groups in total. The minimum atomic E-state index is -4.20. The lowest BCUT2D eigenvalue weighted by atomic mass is 9.93. The van der Waals surface area contributed by atoms with Crippen molar-refractivity contribution in [2.45, 2.75) is 30.2 Å². The second-order valence-corrected chi connectivity index (χ2v) is 5.97. The average molecular weight is 290 g/mol. The molecule has 5 nitrogen and oxygen atoms in total. The van der Waals surface area contributed by atoms with Gasteiger partial charge in [-0.3, -0.25) is 4.79 Å². The van der Waals surface area contributed by atoms with E-state index in [1.54, 1.807) is 0 Å². The molecule has 8 heteroatoms. The van der Waals surface area contributed by atoms with Crippen molar-refractivity contribution in [1.82, 2.24) is 5.32 Å². The number of sulfonamides is 1. The van der Waals surface area contributed by atoms with Gasteiger partial charge in [-0.1, -0.05) is 0 Å². The number of primary sulfonamides is 1. The molecule has 1 fully saturated rings. The Hall–Kier alpha value is -1.54. The molecule has 0 aliphatic heterocycles. The number of amides is 1. The van der Waals surface area contributed by atoms with Crippen molar-refractivity contribution in [3.05, 3.63) is 29.3 Å². The van der Waals surface area contributed by atoms with Gasteiger partial charge in [0.2, 0.25) is 10.0 Å². The highest BCUT2D eigenvalue weighted by Gasteiger charge is 2.25. The number of hydrogen-bond donors (Lipinski definition) is 2. The Morgan fingerprint density at radius 2 is 1.95 bits per heavy atom. The summed E-state index contributed by atoms with van der Waals surface area (Å²) in [6.07, 6.45) is 2.49. The van der Waals surface area contributed by atoms with Gasteiger partial charge in [0.1, 0.15) is 0 Å². The number of nitrogens with two attached hydrogens (primary N) is 1. The third-order valence-electron chi connectivity index (χ3n) is 3.02. The van der Waals surface area contributed by atoms with Gasteiger partial charge in [0, 0.05) is 6.04 Å². The number of carbonyl (C=O) groups is 1. The summed E-state index contributed by atoms with van der Waals surface area (Å²) < 4.78 is 49.0. The van der Waals surface area contributed by atoms with Crippen LogP contribution in [0.2, 0.25) is 0 Å². The van der Waals surface area contributed by atoms with Crippen molar-refractivity contribution in [2.75, 3.05) is 0 Å². The Kier molecular flexibility index (Phi) is 3.55. The zero-order chi connectivity index (χ0) is 14.2. The fourth-order valence-electron chi connectivity index (χ4n) is 1.71. The van der Waals surface area contributed by atoms with E-state index in [2.05, 4.69) is 5.32 Å². The number of hydrogen-bond acceptors (Lipinski definition) is 3. The predicted octanol–water partition coefficient (Wildman–Crippen LogP) is 0.895. The van der Waals surface area contributed by atoms with Crippen LogP contribution in [0.3, 0.4) is 0 Å². The Morgan fingerprint density at radius 1 is 1.32 bits per heavy atom. The summed E-state index contributed by atoms with van der Waals surface area (Å²) in [6, 6.07) is 1.11. The largest absolute Gasteiger partial charge is 0.349 e. The SMILES string of the molecule is NS(=O)(=O)c1cc(F)c(F)c(C(=O)NC2CCC2)c1. The fraction of sp³-hybridized carbons (Fsp3) is 0.364. The first kappa shape index (κ1) is 13.9. The summed E-state index contributed by atoms with van der Waals surface area (Å²) >= 11 is 0. The fourth-order valence-corrected chi connectivity index (χ4v) is 2.26. The van der Waals surface area contributed by atoms with Crippen LogP contribution in [0.5, 0.6) is 0 Å². The van der Waals surface area contributed by atoms with Crippen LogP contribution in [0.25, 0.3) is 0 Å². The van der Waals surface area contributed by atoms with E-state index in [0.717, 1.165) is 25.3 Å². The summed E-state index contributed by atoms with van der Waals surface area (Å²) in [6.45, 7) is 0. The molecule has 104 valence electrons. The van der Waals surface area contributed by atoms with E-state index in [1.165, 1.54) is 0 Å². The van der Waals surface area contributed by atoms with Gasteiger partial charge >= 0.3 is 0 Å². The van der Waals surface area contributed by atoms with Gasteiger partial charge in [-0.15, -0.1) is 0 Å². The standard InChI is InChI=1S/C11H12F2N2O3S/c12-9-5-7(19(14,17)18)4-8(10(9)13)11(16)15-6-2-1-3-6/h4-6H,1-3H2,(H,15,16)(H2,14,17,18). The van der Waals surface area contributed by atoms with Crippen LogP contribution in [-0.4, -0.2) is 20.4 Å². The zero-order valence-electron chi connectivity index (χ0n) is 9.82. The third-order valence-corrected chi connectivity index (χ3v) is 3.91. The number of carbonyl (C=O) groups excluding carboxylic acids is 1. The Balaban J connectivity index is 2.37. The van der Waals surface area contributed by atoms with Crippen LogP contribution >= 0.6 is 0 Å². The average Bonchev–Trinajstić information content (AvgIpc) is 2.25. The molecule has 1 aromatic carbocycles. The monoisotopic (exact) mass is 290 g/mol. The second-order valence-electron chi connectivity index (χ2n) is 4.41. The van der Waals surface area contributed by atoms with Gasteiger partial charge in [-0.05, 0) is 31.4 Å². The smallest absolute Gasteiger partial charge is 0.254 e. The number of nitrogens with one attached hydrogen (secondary N) is 1. The molecule has 1 aromatic rings. The van der Waals surface area contributed by atoms with Crippen molar-refractivity contribution < 1.29 is 22.0 Å². The van der Waals surface area contributed by atoms with E-state index in [4.69, 9.17) is 5.14 Å². The molecule has 0 unspecified atom stereocenters. The van der Waals surface area contributed by atoms with E-state index in [1.807, 2.05) is 0 Å². The highest BCUT2D eigenvalue weighted by atomic mass is 32.2. The lowest BCUT2D eigenvalue weighted by molar-refractivity contribution is 0.0911. The van der Waals surface area contributed by atoms with Crippen molar-refractivity contribution >= 4 is 15.9 Å². The maximum absolute atomic E-state index is 13.5. The summed E-state index contributed by atoms with van der Waals surface area (Å²) in [4.78, 5) is 11.1. The topological polar surface area (TPSA) is 89.3 Å². The minimum absolute atomic E-state index is 0.0758. The van der Waals surface area contributed by atoms with Crippen molar-refractivity contribution in [2.24, 2.45) is 5.14 Å². The van der Waals surface area contributed by atoms with Crippen molar-refractivity contribution in [3.8, 4) is 0 Å². The molecule has 0 heterocycles. The maximum atomic E-state index is 13.5. The van der Waals surface area contributed by atoms with E-state index in [0.29, 0.717) is 6.07 Å². The molecule has 0 spiro atoms. The molecule has 0 aromatic heterocycles. The predicted molar refractivity (Wildman–Crippen MR) is 62.8 cm³/mol. The molecule has 2 rings (SSSR count). The summed E-state index contributed by atoms with van der Waals surface area (Å²) in [7, 11) is -4.20. The van der Waals surface area contributed by atoms with Crippen molar-refractivity contribution in [3.63, 3.8) is 0 Å². The molecular weight excluding hydrogens is 278 g/mol. The molecule has 1 aliphatic rings. The molecule has 0 radical (unpaired) electrons. The number of halogens is 2. The Morgan fingerprint density at radius 3 is 2.42 bits per heavy atom. The molecule has 0 saturated heterocycles. The Bertz CT molecular complexity index is 627. The molecule has 1 aliphatic carbocycles. The van der Waals surface area contributed by atoms with Gasteiger partial charge < -0.3 is 5.32 Å². The van der Waals surface area contributed by atoms with Crippen LogP contribution in [0.4, 0.5) is 8.78 Å². The Labute approximate surface area is 108 Å². The second kappa shape index (κ2) is 4.86.